The lowest BCUT2D eigenvalue weighted by molar-refractivity contribution is 0.439. The molecule has 0 spiro atoms. The number of hydrogen-bond acceptors (Lipinski definition) is 1. The quantitative estimate of drug-likeness (QED) is 0.458. The molecule has 0 radical (unpaired) electrons. The zero-order chi connectivity index (χ0) is 8.59. The topological polar surface area (TPSA) is 0 Å². The Labute approximate surface area is 67.4 Å². The van der Waals surface area contributed by atoms with E-state index in [1.165, 1.54) is 6.92 Å². The summed E-state index contributed by atoms with van der Waals surface area (Å²) in [4.78, 5) is 0.112. The SMILES string of the molecule is Cc1c(S)cc(F)c(F)c1F. The Morgan fingerprint density at radius 3 is 2.27 bits per heavy atom. The number of hydrogen-bond donors (Lipinski definition) is 1. The van der Waals surface area contributed by atoms with Gasteiger partial charge in [0.2, 0.25) is 0 Å². The molecule has 0 nitrogen and oxygen atoms in total. The Hall–Kier alpha value is -0.640. The van der Waals surface area contributed by atoms with E-state index in [-0.39, 0.29) is 10.5 Å². The van der Waals surface area contributed by atoms with Crippen LogP contribution in [0, 0.1) is 24.4 Å². The zero-order valence-corrected chi connectivity index (χ0v) is 6.55. The summed E-state index contributed by atoms with van der Waals surface area (Å²) in [6, 6.07) is 0.844. The second kappa shape index (κ2) is 2.77. The van der Waals surface area contributed by atoms with Crippen LogP contribution in [0.3, 0.4) is 0 Å². The summed E-state index contributed by atoms with van der Waals surface area (Å²) in [5, 5.41) is 0. The summed E-state index contributed by atoms with van der Waals surface area (Å²) in [5.41, 5.74) is 0.0206. The first-order valence-electron chi connectivity index (χ1n) is 2.87. The van der Waals surface area contributed by atoms with Gasteiger partial charge >= 0.3 is 0 Å². The molecule has 0 saturated heterocycles. The van der Waals surface area contributed by atoms with Gasteiger partial charge in [0.1, 0.15) is 0 Å². The molecular formula is C7H5F3S. The normalized spacial score (nSPS) is 10.3. The third-order valence-corrected chi connectivity index (χ3v) is 1.84. The minimum atomic E-state index is -1.44. The van der Waals surface area contributed by atoms with Crippen molar-refractivity contribution in [3.8, 4) is 0 Å². The van der Waals surface area contributed by atoms with E-state index in [1.807, 2.05) is 0 Å². The van der Waals surface area contributed by atoms with Gasteiger partial charge in [-0.3, -0.25) is 0 Å². The van der Waals surface area contributed by atoms with Gasteiger partial charge in [-0.2, -0.15) is 0 Å². The minimum Gasteiger partial charge on any atom is -0.204 e. The maximum Gasteiger partial charge on any atom is 0.194 e. The first-order chi connectivity index (χ1) is 5.04. The summed E-state index contributed by atoms with van der Waals surface area (Å²) in [5.74, 6) is -3.83. The van der Waals surface area contributed by atoms with Gasteiger partial charge in [0.25, 0.3) is 0 Å². The molecule has 0 saturated carbocycles. The lowest BCUT2D eigenvalue weighted by Gasteiger charge is -2.01. The molecule has 0 aliphatic rings. The van der Waals surface area contributed by atoms with E-state index in [9.17, 15) is 13.2 Å². The van der Waals surface area contributed by atoms with Crippen molar-refractivity contribution in [2.45, 2.75) is 11.8 Å². The fourth-order valence-electron chi connectivity index (χ4n) is 0.674. The zero-order valence-electron chi connectivity index (χ0n) is 5.66. The molecule has 0 aliphatic heterocycles. The fraction of sp³-hybridized carbons (Fsp3) is 0.143. The van der Waals surface area contributed by atoms with Crippen LogP contribution in [0.1, 0.15) is 5.56 Å². The van der Waals surface area contributed by atoms with Gasteiger partial charge in [0.15, 0.2) is 17.5 Å². The highest BCUT2D eigenvalue weighted by Crippen LogP contribution is 2.21. The molecule has 0 N–H and O–H groups in total. The molecule has 1 aromatic rings. The van der Waals surface area contributed by atoms with E-state index in [0.717, 1.165) is 6.07 Å². The highest BCUT2D eigenvalue weighted by molar-refractivity contribution is 7.80. The Morgan fingerprint density at radius 1 is 1.18 bits per heavy atom. The average Bonchev–Trinajstić information content (AvgIpc) is 1.97. The van der Waals surface area contributed by atoms with Crippen LogP contribution in [0.4, 0.5) is 13.2 Å². The molecule has 0 bridgehead atoms. The molecule has 0 heterocycles. The molecule has 0 unspecified atom stereocenters. The summed E-state index contributed by atoms with van der Waals surface area (Å²) in [6.45, 7) is 1.33. The van der Waals surface area contributed by atoms with Crippen LogP contribution in [0.5, 0.6) is 0 Å². The summed E-state index contributed by atoms with van der Waals surface area (Å²) in [6.07, 6.45) is 0. The van der Waals surface area contributed by atoms with Crippen molar-refractivity contribution in [1.29, 1.82) is 0 Å². The van der Waals surface area contributed by atoms with Crippen molar-refractivity contribution in [1.82, 2.24) is 0 Å². The van der Waals surface area contributed by atoms with Gasteiger partial charge in [-0.15, -0.1) is 12.6 Å². The fourth-order valence-corrected chi connectivity index (χ4v) is 0.885. The highest BCUT2D eigenvalue weighted by atomic mass is 32.1. The number of halogens is 3. The molecule has 0 atom stereocenters. The van der Waals surface area contributed by atoms with Crippen LogP contribution in [0.25, 0.3) is 0 Å². The standard InChI is InChI=1S/C7H5F3S/c1-3-5(11)2-4(8)7(10)6(3)9/h2,11H,1H3. The highest BCUT2D eigenvalue weighted by Gasteiger charge is 2.13. The Balaban J connectivity index is 3.46. The molecule has 4 heteroatoms. The first kappa shape index (κ1) is 8.46. The third kappa shape index (κ3) is 1.35. The Kier molecular flexibility index (Phi) is 2.13. The minimum absolute atomic E-state index is 0.0206. The maximum atomic E-state index is 12.6. The Morgan fingerprint density at radius 2 is 1.73 bits per heavy atom. The summed E-state index contributed by atoms with van der Waals surface area (Å²) >= 11 is 3.74. The van der Waals surface area contributed by atoms with Gasteiger partial charge in [-0.05, 0) is 13.0 Å². The van der Waals surface area contributed by atoms with E-state index in [2.05, 4.69) is 12.6 Å². The maximum absolute atomic E-state index is 12.6. The van der Waals surface area contributed by atoms with Crippen molar-refractivity contribution in [3.63, 3.8) is 0 Å². The van der Waals surface area contributed by atoms with E-state index < -0.39 is 17.5 Å². The van der Waals surface area contributed by atoms with Crippen LogP contribution in [-0.2, 0) is 0 Å². The van der Waals surface area contributed by atoms with Crippen molar-refractivity contribution in [2.75, 3.05) is 0 Å². The van der Waals surface area contributed by atoms with Crippen molar-refractivity contribution in [2.24, 2.45) is 0 Å². The largest absolute Gasteiger partial charge is 0.204 e. The molecule has 0 aromatic heterocycles. The van der Waals surface area contributed by atoms with Crippen LogP contribution >= 0.6 is 12.6 Å². The van der Waals surface area contributed by atoms with Crippen LogP contribution in [0.15, 0.2) is 11.0 Å². The molecule has 1 aromatic carbocycles. The number of thiol groups is 1. The van der Waals surface area contributed by atoms with E-state index >= 15 is 0 Å². The van der Waals surface area contributed by atoms with E-state index in [0.29, 0.717) is 0 Å². The molecule has 0 aliphatic carbocycles. The van der Waals surface area contributed by atoms with Gasteiger partial charge in [-0.1, -0.05) is 0 Å². The first-order valence-corrected chi connectivity index (χ1v) is 3.32. The lowest BCUT2D eigenvalue weighted by Crippen LogP contribution is -1.94. The van der Waals surface area contributed by atoms with Crippen molar-refractivity contribution < 1.29 is 13.2 Å². The predicted octanol–water partition coefficient (Wildman–Crippen LogP) is 2.70. The number of rotatable bonds is 0. The van der Waals surface area contributed by atoms with Crippen molar-refractivity contribution in [3.05, 3.63) is 29.1 Å². The number of benzene rings is 1. The molecule has 0 fully saturated rings. The van der Waals surface area contributed by atoms with Gasteiger partial charge in [0.05, 0.1) is 0 Å². The van der Waals surface area contributed by atoms with Gasteiger partial charge < -0.3 is 0 Å². The second-order valence-corrected chi connectivity index (χ2v) is 2.61. The van der Waals surface area contributed by atoms with Crippen molar-refractivity contribution >= 4 is 12.6 Å². The molecule has 60 valence electrons. The van der Waals surface area contributed by atoms with Gasteiger partial charge in [0, 0.05) is 10.5 Å². The monoisotopic (exact) mass is 178 g/mol. The molecular weight excluding hydrogens is 173 g/mol. The Bertz CT molecular complexity index is 270. The molecule has 1 rings (SSSR count). The van der Waals surface area contributed by atoms with Gasteiger partial charge in [-0.25, -0.2) is 13.2 Å². The molecule has 11 heavy (non-hydrogen) atoms. The average molecular weight is 178 g/mol. The smallest absolute Gasteiger partial charge is 0.194 e. The molecule has 0 amide bonds. The second-order valence-electron chi connectivity index (χ2n) is 2.13. The van der Waals surface area contributed by atoms with E-state index in [4.69, 9.17) is 0 Å². The van der Waals surface area contributed by atoms with Crippen LogP contribution in [0.2, 0.25) is 0 Å². The summed E-state index contributed by atoms with van der Waals surface area (Å²) in [7, 11) is 0. The predicted molar refractivity (Wildman–Crippen MR) is 38.3 cm³/mol. The lowest BCUT2D eigenvalue weighted by atomic mass is 10.2. The van der Waals surface area contributed by atoms with Crippen LogP contribution in [-0.4, -0.2) is 0 Å². The third-order valence-electron chi connectivity index (χ3n) is 1.38. The van der Waals surface area contributed by atoms with E-state index in [1.54, 1.807) is 0 Å². The summed E-state index contributed by atoms with van der Waals surface area (Å²) < 4.78 is 37.3. The van der Waals surface area contributed by atoms with Crippen LogP contribution < -0.4 is 0 Å².